The van der Waals surface area contributed by atoms with Crippen LogP contribution in [0.2, 0.25) is 0 Å². The summed E-state index contributed by atoms with van der Waals surface area (Å²) in [4.78, 5) is 15.2. The molecule has 0 radical (unpaired) electrons. The summed E-state index contributed by atoms with van der Waals surface area (Å²) in [6.07, 6.45) is 2.54. The molecule has 2 saturated heterocycles. The number of nitrogens with zero attached hydrogens (tertiary/aromatic N) is 3. The minimum absolute atomic E-state index is 0.207. The van der Waals surface area contributed by atoms with Crippen LogP contribution in [-0.4, -0.2) is 73.9 Å². The molecule has 0 aromatic heterocycles. The quantitative estimate of drug-likeness (QED) is 0.657. The van der Waals surface area contributed by atoms with Crippen LogP contribution in [0.3, 0.4) is 0 Å². The Morgan fingerprint density at radius 3 is 2.33 bits per heavy atom. The summed E-state index contributed by atoms with van der Waals surface area (Å²) < 4.78 is 6.05. The minimum Gasteiger partial charge on any atom is -0.530 e. The summed E-state index contributed by atoms with van der Waals surface area (Å²) in [6, 6.07) is 10.00. The third-order valence-corrected chi connectivity index (χ3v) is 5.20. The number of hydrogen-bond acceptors (Lipinski definition) is 6. The van der Waals surface area contributed by atoms with Crippen LogP contribution in [0.25, 0.3) is 0 Å². The second-order valence-corrected chi connectivity index (χ2v) is 7.38. The van der Waals surface area contributed by atoms with Crippen LogP contribution in [-0.2, 0) is 11.2 Å². The van der Waals surface area contributed by atoms with Crippen molar-refractivity contribution in [1.29, 1.82) is 5.26 Å². The van der Waals surface area contributed by atoms with Crippen LogP contribution in [0, 0.1) is 11.3 Å². The molecule has 3 rings (SSSR count). The first kappa shape index (κ1) is 19.6. The number of hydrogen-bond donors (Lipinski definition) is 1. The first-order valence-corrected chi connectivity index (χ1v) is 9.66. The second kappa shape index (κ2) is 9.70. The number of amides is 1. The van der Waals surface area contributed by atoms with Gasteiger partial charge in [-0.15, -0.1) is 0 Å². The van der Waals surface area contributed by atoms with E-state index < -0.39 is 6.09 Å². The Kier molecular flexibility index (Phi) is 7.04. The molecule has 1 N–H and O–H groups in total. The van der Waals surface area contributed by atoms with Crippen LogP contribution in [0.15, 0.2) is 24.3 Å². The molecular formula is C20H27N4O3-. The van der Waals surface area contributed by atoms with Gasteiger partial charge in [-0.2, -0.15) is 5.26 Å². The van der Waals surface area contributed by atoms with E-state index in [0.29, 0.717) is 18.7 Å². The molecular weight excluding hydrogens is 344 g/mol. The van der Waals surface area contributed by atoms with Crippen LogP contribution in [0.4, 0.5) is 4.79 Å². The van der Waals surface area contributed by atoms with Gasteiger partial charge in [0.25, 0.3) is 0 Å². The van der Waals surface area contributed by atoms with Crippen molar-refractivity contribution in [3.63, 3.8) is 0 Å². The molecule has 2 atom stereocenters. The summed E-state index contributed by atoms with van der Waals surface area (Å²) >= 11 is 0. The van der Waals surface area contributed by atoms with Crippen molar-refractivity contribution in [2.24, 2.45) is 0 Å². The molecule has 2 bridgehead atoms. The third kappa shape index (κ3) is 6.21. The first-order chi connectivity index (χ1) is 13.1. The van der Waals surface area contributed by atoms with E-state index in [-0.39, 0.29) is 12.2 Å². The highest BCUT2D eigenvalue weighted by molar-refractivity contribution is 5.61. The lowest BCUT2D eigenvalue weighted by atomic mass is 10.1. The number of fused-ring (bicyclic) bond motifs is 2. The van der Waals surface area contributed by atoms with Crippen molar-refractivity contribution >= 4 is 6.09 Å². The van der Waals surface area contributed by atoms with Gasteiger partial charge in [-0.05, 0) is 43.5 Å². The molecule has 1 aromatic rings. The number of morpholine rings is 2. The van der Waals surface area contributed by atoms with E-state index in [1.54, 1.807) is 0 Å². The van der Waals surface area contributed by atoms with Crippen LogP contribution >= 0.6 is 0 Å². The number of carbonyl (C=O) groups excluding carboxylic acids is 1. The average Bonchev–Trinajstić information content (AvgIpc) is 2.65. The number of benzene rings is 1. The largest absolute Gasteiger partial charge is 0.530 e. The molecule has 146 valence electrons. The maximum Gasteiger partial charge on any atom is 0.134 e. The Hall–Kier alpha value is -2.14. The second-order valence-electron chi connectivity index (χ2n) is 7.38. The molecule has 7 nitrogen and oxygen atoms in total. The summed E-state index contributed by atoms with van der Waals surface area (Å²) in [6.45, 7) is 5.78. The summed E-state index contributed by atoms with van der Waals surface area (Å²) in [5.74, 6) is 0. The van der Waals surface area contributed by atoms with Gasteiger partial charge in [0.1, 0.15) is 6.09 Å². The normalized spacial score (nSPS) is 22.9. The van der Waals surface area contributed by atoms with Gasteiger partial charge in [-0.3, -0.25) is 9.80 Å². The van der Waals surface area contributed by atoms with Gasteiger partial charge in [0.05, 0.1) is 23.8 Å². The van der Waals surface area contributed by atoms with E-state index in [1.807, 2.05) is 24.3 Å². The van der Waals surface area contributed by atoms with Crippen molar-refractivity contribution in [1.82, 2.24) is 15.1 Å². The van der Waals surface area contributed by atoms with Crippen molar-refractivity contribution in [2.75, 3.05) is 45.8 Å². The highest BCUT2D eigenvalue weighted by Gasteiger charge is 2.34. The molecule has 2 aliphatic heterocycles. The van der Waals surface area contributed by atoms with Crippen molar-refractivity contribution in [3.05, 3.63) is 35.4 Å². The molecule has 2 aliphatic rings. The first-order valence-electron chi connectivity index (χ1n) is 9.66. The third-order valence-electron chi connectivity index (χ3n) is 5.20. The standard InChI is InChI=1S/C20H28N4O3/c21-11-17-6-4-16(5-7-17)3-1-2-9-23-12-18-14-24(10-8-22-20(25)26)15-19(13-23)27-18/h4-7,18-19,22H,1-3,8-10,12-15H2,(H,25,26)/p-1. The predicted molar refractivity (Wildman–Crippen MR) is 99.0 cm³/mol. The van der Waals surface area contributed by atoms with Gasteiger partial charge < -0.3 is 20.0 Å². The predicted octanol–water partition coefficient (Wildman–Crippen LogP) is 0.199. The number of nitriles is 1. The maximum absolute atomic E-state index is 10.4. The summed E-state index contributed by atoms with van der Waals surface area (Å²) in [7, 11) is 0. The fourth-order valence-electron chi connectivity index (χ4n) is 3.95. The summed E-state index contributed by atoms with van der Waals surface area (Å²) in [5, 5.41) is 21.6. The topological polar surface area (TPSA) is 91.7 Å². The van der Waals surface area contributed by atoms with Crippen molar-refractivity contribution in [3.8, 4) is 6.07 Å². The molecule has 2 unspecified atom stereocenters. The molecule has 1 amide bonds. The van der Waals surface area contributed by atoms with Gasteiger partial charge in [0.2, 0.25) is 0 Å². The fraction of sp³-hybridized carbons (Fsp3) is 0.600. The summed E-state index contributed by atoms with van der Waals surface area (Å²) in [5.41, 5.74) is 2.00. The zero-order valence-corrected chi connectivity index (χ0v) is 15.6. The average molecular weight is 371 g/mol. The van der Waals surface area contributed by atoms with Crippen LogP contribution in [0.1, 0.15) is 24.0 Å². The van der Waals surface area contributed by atoms with Gasteiger partial charge >= 0.3 is 0 Å². The van der Waals surface area contributed by atoms with E-state index in [2.05, 4.69) is 21.2 Å². The monoisotopic (exact) mass is 371 g/mol. The number of carboxylic acid groups (broad SMARTS) is 1. The minimum atomic E-state index is -1.21. The lowest BCUT2D eigenvalue weighted by molar-refractivity contribution is -0.250. The molecule has 0 aliphatic carbocycles. The van der Waals surface area contributed by atoms with Gasteiger partial charge in [0, 0.05) is 39.3 Å². The number of ether oxygens (including phenoxy) is 1. The van der Waals surface area contributed by atoms with Crippen molar-refractivity contribution < 1.29 is 14.6 Å². The van der Waals surface area contributed by atoms with Gasteiger partial charge in [0.15, 0.2) is 0 Å². The number of unbranched alkanes of at least 4 members (excludes halogenated alkanes) is 1. The Morgan fingerprint density at radius 1 is 1.11 bits per heavy atom. The number of nitrogens with one attached hydrogen (secondary N) is 1. The molecule has 0 spiro atoms. The van der Waals surface area contributed by atoms with E-state index in [1.165, 1.54) is 5.56 Å². The highest BCUT2D eigenvalue weighted by Crippen LogP contribution is 2.19. The van der Waals surface area contributed by atoms with E-state index in [0.717, 1.165) is 52.0 Å². The maximum atomic E-state index is 10.4. The van der Waals surface area contributed by atoms with E-state index >= 15 is 0 Å². The van der Waals surface area contributed by atoms with Gasteiger partial charge in [-0.1, -0.05) is 12.1 Å². The molecule has 2 fully saturated rings. The Bertz CT molecular complexity index is 644. The van der Waals surface area contributed by atoms with Gasteiger partial charge in [-0.25, -0.2) is 0 Å². The Labute approximate surface area is 160 Å². The van der Waals surface area contributed by atoms with E-state index in [9.17, 15) is 9.90 Å². The molecule has 27 heavy (non-hydrogen) atoms. The molecule has 2 heterocycles. The molecule has 7 heteroatoms. The van der Waals surface area contributed by atoms with Crippen molar-refractivity contribution in [2.45, 2.75) is 31.5 Å². The zero-order valence-electron chi connectivity index (χ0n) is 15.6. The zero-order chi connectivity index (χ0) is 19.1. The Morgan fingerprint density at radius 2 is 1.74 bits per heavy atom. The number of rotatable bonds is 8. The highest BCUT2D eigenvalue weighted by atomic mass is 16.5. The lowest BCUT2D eigenvalue weighted by Gasteiger charge is -2.46. The fourth-order valence-corrected chi connectivity index (χ4v) is 3.95. The van der Waals surface area contributed by atoms with Crippen LogP contribution in [0.5, 0.6) is 0 Å². The molecule has 1 aromatic carbocycles. The SMILES string of the molecule is N#Cc1ccc(CCCCN2CC3CN(CCNC(=O)[O-])CC(C2)O3)cc1. The number of aryl methyl sites for hydroxylation is 1. The Balaban J connectivity index is 1.33. The number of carbonyl (C=O) groups is 1. The lowest BCUT2D eigenvalue weighted by Crippen LogP contribution is -2.60. The molecule has 0 saturated carbocycles. The van der Waals surface area contributed by atoms with Crippen LogP contribution < -0.4 is 10.4 Å². The van der Waals surface area contributed by atoms with E-state index in [4.69, 9.17) is 10.00 Å². The smallest absolute Gasteiger partial charge is 0.134 e.